The molecule has 1 spiro atoms. The second-order valence-corrected chi connectivity index (χ2v) is 11.6. The standard InChI is InChI=1S/C29H31FN4O3/c30-24-13-21(20-2-1-3-22(12-20)31-26(35)18-4-5-18)8-9-23(24)25-32-29(10-11-29)28(37)34(25)16-17-14-33(15-17)27(36)19-6-7-19/h1-3,8-9,13,17-19,22H,4-7,10-12,14-16H2,(H,31,35). The van der Waals surface area contributed by atoms with Crippen molar-refractivity contribution in [2.24, 2.45) is 22.7 Å². The number of benzene rings is 1. The predicted molar refractivity (Wildman–Crippen MR) is 136 cm³/mol. The Labute approximate surface area is 215 Å². The summed E-state index contributed by atoms with van der Waals surface area (Å²) in [5, 5.41) is 3.08. The van der Waals surface area contributed by atoms with Crippen LogP contribution >= 0.6 is 0 Å². The Morgan fingerprint density at radius 1 is 1.11 bits per heavy atom. The van der Waals surface area contributed by atoms with Crippen molar-refractivity contribution in [3.05, 3.63) is 53.4 Å². The molecule has 3 amide bonds. The van der Waals surface area contributed by atoms with Gasteiger partial charge in [0.15, 0.2) is 0 Å². The zero-order valence-corrected chi connectivity index (χ0v) is 20.8. The summed E-state index contributed by atoms with van der Waals surface area (Å²) in [6.45, 7) is 1.77. The highest BCUT2D eigenvalue weighted by Gasteiger charge is 2.58. The molecule has 1 aromatic carbocycles. The van der Waals surface area contributed by atoms with Crippen molar-refractivity contribution in [3.63, 3.8) is 0 Å². The van der Waals surface area contributed by atoms with Gasteiger partial charge in [-0.15, -0.1) is 0 Å². The van der Waals surface area contributed by atoms with Crippen molar-refractivity contribution in [2.75, 3.05) is 19.6 Å². The first-order chi connectivity index (χ1) is 17.9. The second kappa shape index (κ2) is 8.36. The number of amides is 3. The molecule has 0 bridgehead atoms. The lowest BCUT2D eigenvalue weighted by atomic mass is 9.93. The van der Waals surface area contributed by atoms with Crippen LogP contribution in [0.4, 0.5) is 4.39 Å². The number of nitrogens with one attached hydrogen (secondary N) is 1. The fourth-order valence-corrected chi connectivity index (χ4v) is 5.72. The molecule has 2 heterocycles. The maximum Gasteiger partial charge on any atom is 0.256 e. The number of likely N-dealkylation sites (tertiary alicyclic amines) is 1. The van der Waals surface area contributed by atoms with E-state index in [-0.39, 0.29) is 41.5 Å². The van der Waals surface area contributed by atoms with Crippen LogP contribution in [-0.2, 0) is 14.4 Å². The van der Waals surface area contributed by atoms with Crippen LogP contribution in [-0.4, -0.2) is 64.6 Å². The van der Waals surface area contributed by atoms with E-state index in [0.717, 1.165) is 36.8 Å². The molecular weight excluding hydrogens is 471 g/mol. The summed E-state index contributed by atoms with van der Waals surface area (Å²) in [4.78, 5) is 46.0. The van der Waals surface area contributed by atoms with Crippen LogP contribution in [0.15, 0.2) is 41.4 Å². The van der Waals surface area contributed by atoms with Crippen molar-refractivity contribution >= 4 is 29.1 Å². The Hall–Kier alpha value is -3.29. The Bertz CT molecular complexity index is 1280. The van der Waals surface area contributed by atoms with E-state index in [0.29, 0.717) is 50.3 Å². The van der Waals surface area contributed by atoms with Crippen LogP contribution < -0.4 is 5.32 Å². The molecule has 37 heavy (non-hydrogen) atoms. The van der Waals surface area contributed by atoms with E-state index >= 15 is 4.39 Å². The van der Waals surface area contributed by atoms with Gasteiger partial charge in [0.1, 0.15) is 17.2 Å². The molecule has 0 radical (unpaired) electrons. The smallest absolute Gasteiger partial charge is 0.256 e. The molecule has 0 aromatic heterocycles. The summed E-state index contributed by atoms with van der Waals surface area (Å²) in [5.41, 5.74) is 1.36. The molecule has 2 aliphatic heterocycles. The molecule has 1 atom stereocenters. The molecule has 1 saturated heterocycles. The van der Waals surface area contributed by atoms with E-state index in [1.807, 2.05) is 29.2 Å². The lowest BCUT2D eigenvalue weighted by Gasteiger charge is -2.41. The van der Waals surface area contributed by atoms with Crippen molar-refractivity contribution in [1.82, 2.24) is 15.1 Å². The van der Waals surface area contributed by atoms with Gasteiger partial charge in [0, 0.05) is 37.4 Å². The van der Waals surface area contributed by atoms with E-state index in [1.54, 1.807) is 11.0 Å². The first-order valence-corrected chi connectivity index (χ1v) is 13.6. The number of carbonyl (C=O) groups is 3. The van der Waals surface area contributed by atoms with Gasteiger partial charge < -0.3 is 10.2 Å². The summed E-state index contributed by atoms with van der Waals surface area (Å²) in [7, 11) is 0. The Morgan fingerprint density at radius 2 is 1.86 bits per heavy atom. The third-order valence-electron chi connectivity index (χ3n) is 8.52. The molecule has 1 aromatic rings. The van der Waals surface area contributed by atoms with Crippen LogP contribution in [0.1, 0.15) is 56.1 Å². The topological polar surface area (TPSA) is 82.1 Å². The zero-order valence-electron chi connectivity index (χ0n) is 20.8. The second-order valence-electron chi connectivity index (χ2n) is 11.6. The van der Waals surface area contributed by atoms with Gasteiger partial charge in [-0.3, -0.25) is 24.3 Å². The number of hydrogen-bond donors (Lipinski definition) is 1. The minimum atomic E-state index is -0.711. The zero-order chi connectivity index (χ0) is 25.3. The van der Waals surface area contributed by atoms with E-state index in [9.17, 15) is 14.4 Å². The number of amidine groups is 1. The number of allylic oxidation sites excluding steroid dienone is 2. The van der Waals surface area contributed by atoms with E-state index in [2.05, 4.69) is 5.32 Å². The summed E-state index contributed by atoms with van der Waals surface area (Å²) in [5.74, 6) is 0.858. The first-order valence-electron chi connectivity index (χ1n) is 13.6. The quantitative estimate of drug-likeness (QED) is 0.622. The van der Waals surface area contributed by atoms with Gasteiger partial charge in [-0.2, -0.15) is 0 Å². The van der Waals surface area contributed by atoms with E-state index in [4.69, 9.17) is 4.99 Å². The average Bonchev–Trinajstić information content (AvgIpc) is 3.73. The third kappa shape index (κ3) is 4.20. The van der Waals surface area contributed by atoms with Gasteiger partial charge in [0.2, 0.25) is 11.8 Å². The molecule has 1 N–H and O–H groups in total. The number of aliphatic imine (C=N–C) groups is 1. The average molecular weight is 503 g/mol. The SMILES string of the molecule is O=C(NC1C=CC=C(c2ccc(C3=NC4(CC4)C(=O)N3CC3CN(C(=O)C4CC4)C3)c(F)c2)C1)C1CC1. The lowest BCUT2D eigenvalue weighted by Crippen LogP contribution is -2.55. The molecular formula is C29H31FN4O3. The third-order valence-corrected chi connectivity index (χ3v) is 8.52. The van der Waals surface area contributed by atoms with Crippen LogP contribution in [0.5, 0.6) is 0 Å². The Kier molecular flexibility index (Phi) is 5.17. The predicted octanol–water partition coefficient (Wildman–Crippen LogP) is 3.05. The minimum absolute atomic E-state index is 0.0349. The summed E-state index contributed by atoms with van der Waals surface area (Å²) >= 11 is 0. The van der Waals surface area contributed by atoms with Crippen molar-refractivity contribution < 1.29 is 18.8 Å². The van der Waals surface area contributed by atoms with Crippen LogP contribution in [0, 0.1) is 23.6 Å². The molecule has 4 aliphatic carbocycles. The summed E-state index contributed by atoms with van der Waals surface area (Å²) in [6.07, 6.45) is 11.8. The van der Waals surface area contributed by atoms with Gasteiger partial charge in [-0.25, -0.2) is 4.39 Å². The largest absolute Gasteiger partial charge is 0.349 e. The van der Waals surface area contributed by atoms with Gasteiger partial charge in [-0.1, -0.05) is 24.3 Å². The van der Waals surface area contributed by atoms with Crippen molar-refractivity contribution in [1.29, 1.82) is 0 Å². The molecule has 3 saturated carbocycles. The van der Waals surface area contributed by atoms with Crippen molar-refractivity contribution in [2.45, 2.75) is 56.5 Å². The number of hydrogen-bond acceptors (Lipinski definition) is 4. The highest BCUT2D eigenvalue weighted by molar-refractivity contribution is 6.16. The maximum absolute atomic E-state index is 15.6. The van der Waals surface area contributed by atoms with Crippen LogP contribution in [0.3, 0.4) is 0 Å². The fraction of sp³-hybridized carbons (Fsp3) is 0.517. The Balaban J connectivity index is 1.06. The monoisotopic (exact) mass is 502 g/mol. The van der Waals surface area contributed by atoms with Gasteiger partial charge in [0.05, 0.1) is 11.6 Å². The summed E-state index contributed by atoms with van der Waals surface area (Å²) in [6, 6.07) is 5.03. The number of halogens is 1. The van der Waals surface area contributed by atoms with E-state index in [1.165, 1.54) is 6.07 Å². The number of rotatable bonds is 7. The fourth-order valence-electron chi connectivity index (χ4n) is 5.72. The highest BCUT2D eigenvalue weighted by atomic mass is 19.1. The molecule has 4 fully saturated rings. The van der Waals surface area contributed by atoms with Gasteiger partial charge >= 0.3 is 0 Å². The maximum atomic E-state index is 15.6. The lowest BCUT2D eigenvalue weighted by molar-refractivity contribution is -0.139. The molecule has 192 valence electrons. The molecule has 6 aliphatic rings. The number of carbonyl (C=O) groups excluding carboxylic acids is 3. The highest BCUT2D eigenvalue weighted by Crippen LogP contribution is 2.46. The van der Waals surface area contributed by atoms with Gasteiger partial charge in [-0.05, 0) is 68.2 Å². The number of nitrogens with zero attached hydrogens (tertiary/aromatic N) is 3. The minimum Gasteiger partial charge on any atom is -0.349 e. The Morgan fingerprint density at radius 3 is 2.54 bits per heavy atom. The van der Waals surface area contributed by atoms with Crippen molar-refractivity contribution in [3.8, 4) is 0 Å². The molecule has 8 heteroatoms. The normalized spacial score (nSPS) is 26.2. The molecule has 7 nitrogen and oxygen atoms in total. The van der Waals surface area contributed by atoms with Crippen LogP contribution in [0.2, 0.25) is 0 Å². The first kappa shape index (κ1) is 22.9. The molecule has 7 rings (SSSR count). The summed E-state index contributed by atoms with van der Waals surface area (Å²) < 4.78 is 15.6. The van der Waals surface area contributed by atoms with E-state index < -0.39 is 11.4 Å². The van der Waals surface area contributed by atoms with Gasteiger partial charge in [0.25, 0.3) is 5.91 Å². The van der Waals surface area contributed by atoms with Crippen LogP contribution in [0.25, 0.3) is 5.57 Å². The molecule has 1 unspecified atom stereocenters.